The van der Waals surface area contributed by atoms with Gasteiger partial charge in [0.25, 0.3) is 0 Å². The summed E-state index contributed by atoms with van der Waals surface area (Å²) in [5.41, 5.74) is 0.800. The standard InChI is InChI=1S/C17H23FN4OS2/c1-12(2)9-22-7-8-23-15(10-22)11-24-17-21-20-16(25-17)19-14-5-3-13(18)4-6-14/h3-6,12,15H,7-11H2,1-2H3,(H,19,20)/t15-/m1/s1. The Kier molecular flexibility index (Phi) is 6.63. The van der Waals surface area contributed by atoms with Gasteiger partial charge in [0.1, 0.15) is 5.82 Å². The highest BCUT2D eigenvalue weighted by Gasteiger charge is 2.21. The zero-order valence-electron chi connectivity index (χ0n) is 14.4. The zero-order chi connectivity index (χ0) is 17.6. The molecule has 0 aliphatic carbocycles. The maximum Gasteiger partial charge on any atom is 0.210 e. The summed E-state index contributed by atoms with van der Waals surface area (Å²) in [6, 6.07) is 6.20. The first-order valence-corrected chi connectivity index (χ1v) is 10.2. The van der Waals surface area contributed by atoms with Crippen LogP contribution >= 0.6 is 23.1 Å². The monoisotopic (exact) mass is 382 g/mol. The predicted molar refractivity (Wildman–Crippen MR) is 101 cm³/mol. The van der Waals surface area contributed by atoms with E-state index in [1.54, 1.807) is 23.9 Å². The number of thioether (sulfide) groups is 1. The number of nitrogens with zero attached hydrogens (tertiary/aromatic N) is 3. The van der Waals surface area contributed by atoms with E-state index >= 15 is 0 Å². The molecule has 0 radical (unpaired) electrons. The fraction of sp³-hybridized carbons (Fsp3) is 0.529. The van der Waals surface area contributed by atoms with Crippen molar-refractivity contribution in [3.8, 4) is 0 Å². The molecule has 0 saturated carbocycles. The van der Waals surface area contributed by atoms with Crippen molar-refractivity contribution < 1.29 is 9.13 Å². The normalized spacial score (nSPS) is 18.6. The first kappa shape index (κ1) is 18.6. The average Bonchev–Trinajstić information content (AvgIpc) is 3.02. The number of benzene rings is 1. The summed E-state index contributed by atoms with van der Waals surface area (Å²) in [7, 11) is 0. The minimum atomic E-state index is -0.252. The lowest BCUT2D eigenvalue weighted by Crippen LogP contribution is -2.44. The van der Waals surface area contributed by atoms with Crippen LogP contribution in [0.5, 0.6) is 0 Å². The minimum Gasteiger partial charge on any atom is -0.375 e. The van der Waals surface area contributed by atoms with E-state index in [2.05, 4.69) is 34.3 Å². The van der Waals surface area contributed by atoms with Crippen molar-refractivity contribution in [2.75, 3.05) is 37.3 Å². The van der Waals surface area contributed by atoms with E-state index in [-0.39, 0.29) is 11.9 Å². The van der Waals surface area contributed by atoms with Crippen molar-refractivity contribution in [2.45, 2.75) is 24.3 Å². The van der Waals surface area contributed by atoms with Gasteiger partial charge in [0, 0.05) is 31.1 Å². The second kappa shape index (κ2) is 8.93. The van der Waals surface area contributed by atoms with Crippen LogP contribution in [0.4, 0.5) is 15.2 Å². The second-order valence-corrected chi connectivity index (χ2v) is 8.71. The smallest absolute Gasteiger partial charge is 0.210 e. The predicted octanol–water partition coefficient (Wildman–Crippen LogP) is 3.87. The van der Waals surface area contributed by atoms with E-state index in [0.717, 1.165) is 42.0 Å². The minimum absolute atomic E-state index is 0.231. The SMILES string of the molecule is CC(C)CN1CCO[C@@H](CSc2nnc(Nc3ccc(F)cc3)s2)C1. The van der Waals surface area contributed by atoms with Crippen molar-refractivity contribution in [1.29, 1.82) is 0 Å². The molecule has 1 aromatic carbocycles. The van der Waals surface area contributed by atoms with Gasteiger partial charge < -0.3 is 10.1 Å². The van der Waals surface area contributed by atoms with Crippen LogP contribution in [0.15, 0.2) is 28.6 Å². The second-order valence-electron chi connectivity index (χ2n) is 6.46. The topological polar surface area (TPSA) is 50.3 Å². The van der Waals surface area contributed by atoms with Gasteiger partial charge in [-0.3, -0.25) is 4.90 Å². The van der Waals surface area contributed by atoms with Gasteiger partial charge in [-0.25, -0.2) is 4.39 Å². The van der Waals surface area contributed by atoms with Gasteiger partial charge in [-0.1, -0.05) is 36.9 Å². The number of ether oxygens (including phenoxy) is 1. The molecule has 2 aromatic rings. The van der Waals surface area contributed by atoms with Crippen molar-refractivity contribution in [2.24, 2.45) is 5.92 Å². The molecule has 5 nitrogen and oxygen atoms in total. The average molecular weight is 383 g/mol. The first-order valence-electron chi connectivity index (χ1n) is 8.41. The Morgan fingerprint density at radius 3 is 2.92 bits per heavy atom. The van der Waals surface area contributed by atoms with E-state index in [1.807, 2.05) is 0 Å². The molecule has 25 heavy (non-hydrogen) atoms. The lowest BCUT2D eigenvalue weighted by Gasteiger charge is -2.33. The number of hydrogen-bond acceptors (Lipinski definition) is 7. The lowest BCUT2D eigenvalue weighted by molar-refractivity contribution is -0.0191. The molecular formula is C17H23FN4OS2. The van der Waals surface area contributed by atoms with Crippen LogP contribution in [0.1, 0.15) is 13.8 Å². The molecule has 3 rings (SSSR count). The third-order valence-electron chi connectivity index (χ3n) is 3.74. The Morgan fingerprint density at radius 2 is 2.16 bits per heavy atom. The molecular weight excluding hydrogens is 359 g/mol. The quantitative estimate of drug-likeness (QED) is 0.734. The highest BCUT2D eigenvalue weighted by Crippen LogP contribution is 2.29. The van der Waals surface area contributed by atoms with E-state index in [1.165, 1.54) is 23.5 Å². The maximum atomic E-state index is 12.9. The summed E-state index contributed by atoms with van der Waals surface area (Å²) < 4.78 is 19.7. The van der Waals surface area contributed by atoms with E-state index in [4.69, 9.17) is 4.74 Å². The Bertz CT molecular complexity index is 665. The van der Waals surface area contributed by atoms with E-state index < -0.39 is 0 Å². The molecule has 1 N–H and O–H groups in total. The van der Waals surface area contributed by atoms with Crippen LogP contribution in [0, 0.1) is 11.7 Å². The summed E-state index contributed by atoms with van der Waals surface area (Å²) in [5.74, 6) is 1.30. The summed E-state index contributed by atoms with van der Waals surface area (Å²) in [6.07, 6.45) is 0.231. The largest absolute Gasteiger partial charge is 0.375 e. The molecule has 1 saturated heterocycles. The molecule has 0 amide bonds. The van der Waals surface area contributed by atoms with Crippen LogP contribution in [0.2, 0.25) is 0 Å². The van der Waals surface area contributed by atoms with Crippen molar-refractivity contribution in [3.63, 3.8) is 0 Å². The molecule has 2 heterocycles. The van der Waals surface area contributed by atoms with Gasteiger partial charge in [-0.2, -0.15) is 0 Å². The highest BCUT2D eigenvalue weighted by molar-refractivity contribution is 8.01. The summed E-state index contributed by atoms with van der Waals surface area (Å²) in [5, 5.41) is 12.2. The molecule has 0 bridgehead atoms. The lowest BCUT2D eigenvalue weighted by atomic mass is 10.2. The van der Waals surface area contributed by atoms with Crippen molar-refractivity contribution in [3.05, 3.63) is 30.1 Å². The van der Waals surface area contributed by atoms with Gasteiger partial charge in [-0.05, 0) is 30.2 Å². The molecule has 1 aromatic heterocycles. The van der Waals surface area contributed by atoms with Crippen molar-refractivity contribution >= 4 is 33.9 Å². The van der Waals surface area contributed by atoms with Crippen LogP contribution in [-0.2, 0) is 4.74 Å². The van der Waals surface area contributed by atoms with Gasteiger partial charge in [0.15, 0.2) is 4.34 Å². The Hall–Kier alpha value is -1.22. The number of aromatic nitrogens is 2. The van der Waals surface area contributed by atoms with E-state index in [9.17, 15) is 4.39 Å². The van der Waals surface area contributed by atoms with Gasteiger partial charge in [-0.15, -0.1) is 10.2 Å². The fourth-order valence-electron chi connectivity index (χ4n) is 2.70. The Balaban J connectivity index is 1.47. The number of nitrogens with one attached hydrogen (secondary N) is 1. The highest BCUT2D eigenvalue weighted by atomic mass is 32.2. The van der Waals surface area contributed by atoms with Crippen LogP contribution in [0.3, 0.4) is 0 Å². The molecule has 0 unspecified atom stereocenters. The van der Waals surface area contributed by atoms with Gasteiger partial charge in [0.2, 0.25) is 5.13 Å². The van der Waals surface area contributed by atoms with Crippen LogP contribution in [-0.4, -0.2) is 53.2 Å². The third-order valence-corrected chi connectivity index (χ3v) is 5.84. The van der Waals surface area contributed by atoms with Gasteiger partial charge in [0.05, 0.1) is 12.7 Å². The van der Waals surface area contributed by atoms with Crippen LogP contribution in [0.25, 0.3) is 0 Å². The molecule has 1 aliphatic rings. The zero-order valence-corrected chi connectivity index (χ0v) is 16.1. The maximum absolute atomic E-state index is 12.9. The van der Waals surface area contributed by atoms with Crippen molar-refractivity contribution in [1.82, 2.24) is 15.1 Å². The van der Waals surface area contributed by atoms with Crippen LogP contribution < -0.4 is 5.32 Å². The number of rotatable bonds is 7. The summed E-state index contributed by atoms with van der Waals surface area (Å²) >= 11 is 3.17. The summed E-state index contributed by atoms with van der Waals surface area (Å²) in [6.45, 7) is 8.40. The Labute approximate surface area is 156 Å². The van der Waals surface area contributed by atoms with E-state index in [0.29, 0.717) is 11.0 Å². The third kappa shape index (κ3) is 5.91. The molecule has 1 aliphatic heterocycles. The number of halogens is 1. The van der Waals surface area contributed by atoms with Gasteiger partial charge >= 0.3 is 0 Å². The number of hydrogen-bond donors (Lipinski definition) is 1. The molecule has 0 spiro atoms. The molecule has 1 atom stereocenters. The number of anilines is 2. The Morgan fingerprint density at radius 1 is 1.36 bits per heavy atom. The molecule has 136 valence electrons. The summed E-state index contributed by atoms with van der Waals surface area (Å²) in [4.78, 5) is 2.47. The molecule has 1 fully saturated rings. The fourth-order valence-corrected chi connectivity index (χ4v) is 4.51. The first-order chi connectivity index (χ1) is 12.1. The molecule has 8 heteroatoms. The number of morpholine rings is 1.